The fourth-order valence-corrected chi connectivity index (χ4v) is 2.59. The molecule has 128 valence electrons. The molecule has 22 heavy (non-hydrogen) atoms. The summed E-state index contributed by atoms with van der Waals surface area (Å²) >= 11 is 1.80. The Hall–Kier alpha value is -0.340. The molecule has 0 saturated carbocycles. The smallest absolute Gasteiger partial charge is 0.191 e. The number of nitrogens with zero attached hydrogens (tertiary/aromatic N) is 2. The van der Waals surface area contributed by atoms with E-state index in [1.54, 1.807) is 11.3 Å². The Morgan fingerprint density at radius 1 is 1.18 bits per heavy atom. The maximum absolute atomic E-state index is 4.31. The van der Waals surface area contributed by atoms with Gasteiger partial charge in [-0.1, -0.05) is 19.9 Å². The first-order valence-electron chi connectivity index (χ1n) is 7.35. The zero-order valence-electron chi connectivity index (χ0n) is 14.9. The molecule has 0 aliphatic heterocycles. The average Bonchev–Trinajstić information content (AvgIpc) is 2.93. The van der Waals surface area contributed by atoms with E-state index >= 15 is 0 Å². The number of aliphatic imine (C=N–C) groups is 1. The van der Waals surface area contributed by atoms with E-state index in [1.165, 1.54) is 4.88 Å². The lowest BCUT2D eigenvalue weighted by Gasteiger charge is -2.33. The fourth-order valence-electron chi connectivity index (χ4n) is 1.73. The molecular weight excluding hydrogens is 407 g/mol. The van der Waals surface area contributed by atoms with Gasteiger partial charge in [0.15, 0.2) is 5.96 Å². The number of rotatable bonds is 6. The molecule has 2 N–H and O–H groups in total. The van der Waals surface area contributed by atoms with Crippen molar-refractivity contribution in [2.75, 3.05) is 34.2 Å². The van der Waals surface area contributed by atoms with Crippen LogP contribution in [0.2, 0.25) is 0 Å². The first-order valence-corrected chi connectivity index (χ1v) is 8.23. The van der Waals surface area contributed by atoms with Crippen LogP contribution in [0.4, 0.5) is 0 Å². The van der Waals surface area contributed by atoms with Crippen LogP contribution in [-0.2, 0) is 5.41 Å². The molecule has 6 heteroatoms. The number of thiophene rings is 1. The first-order chi connectivity index (χ1) is 9.69. The minimum atomic E-state index is 0. The second-order valence-electron chi connectivity index (χ2n) is 6.85. The largest absolute Gasteiger partial charge is 0.356 e. The van der Waals surface area contributed by atoms with Crippen molar-refractivity contribution in [1.29, 1.82) is 0 Å². The second kappa shape index (κ2) is 9.08. The minimum Gasteiger partial charge on any atom is -0.356 e. The van der Waals surface area contributed by atoms with Crippen molar-refractivity contribution in [3.8, 4) is 0 Å². The van der Waals surface area contributed by atoms with E-state index in [9.17, 15) is 0 Å². The van der Waals surface area contributed by atoms with Crippen LogP contribution in [0.15, 0.2) is 22.5 Å². The standard InChI is InChI=1S/C16H30N4S.HI/c1-15(2,13-9-8-10-21-13)11-18-14(17-5)19-12-16(3,4)20(6)7;/h8-10H,11-12H2,1-7H3,(H2,17,18,19);1H. The zero-order chi connectivity index (χ0) is 16.1. The van der Waals surface area contributed by atoms with E-state index < -0.39 is 0 Å². The van der Waals surface area contributed by atoms with Crippen LogP contribution >= 0.6 is 35.3 Å². The topological polar surface area (TPSA) is 39.7 Å². The van der Waals surface area contributed by atoms with Crippen LogP contribution in [0, 0.1) is 0 Å². The highest BCUT2D eigenvalue weighted by Gasteiger charge is 2.23. The van der Waals surface area contributed by atoms with Gasteiger partial charge in [-0.15, -0.1) is 35.3 Å². The van der Waals surface area contributed by atoms with Crippen molar-refractivity contribution in [1.82, 2.24) is 15.5 Å². The Balaban J connectivity index is 0.00000441. The molecule has 1 rings (SSSR count). The molecular formula is C16H31IN4S. The van der Waals surface area contributed by atoms with Crippen molar-refractivity contribution < 1.29 is 0 Å². The first kappa shape index (κ1) is 21.7. The predicted molar refractivity (Wildman–Crippen MR) is 110 cm³/mol. The van der Waals surface area contributed by atoms with Gasteiger partial charge >= 0.3 is 0 Å². The van der Waals surface area contributed by atoms with E-state index in [-0.39, 0.29) is 34.9 Å². The predicted octanol–water partition coefficient (Wildman–Crippen LogP) is 3.15. The SMILES string of the molecule is CN=C(NCC(C)(C)c1cccs1)NCC(C)(C)N(C)C.I. The molecule has 0 fully saturated rings. The Kier molecular flexibility index (Phi) is 8.94. The lowest BCUT2D eigenvalue weighted by molar-refractivity contribution is 0.197. The third-order valence-corrected chi connectivity index (χ3v) is 5.24. The second-order valence-corrected chi connectivity index (χ2v) is 7.80. The van der Waals surface area contributed by atoms with Gasteiger partial charge < -0.3 is 15.5 Å². The zero-order valence-corrected chi connectivity index (χ0v) is 18.0. The minimum absolute atomic E-state index is 0. The molecule has 0 bridgehead atoms. The molecule has 0 amide bonds. The third kappa shape index (κ3) is 6.42. The summed E-state index contributed by atoms with van der Waals surface area (Å²) in [5.41, 5.74) is 0.184. The van der Waals surface area contributed by atoms with Crippen LogP contribution in [0.5, 0.6) is 0 Å². The highest BCUT2D eigenvalue weighted by Crippen LogP contribution is 2.26. The molecule has 0 aliphatic carbocycles. The van der Waals surface area contributed by atoms with Gasteiger partial charge in [0.1, 0.15) is 0 Å². The Morgan fingerprint density at radius 2 is 1.77 bits per heavy atom. The molecule has 1 aromatic rings. The summed E-state index contributed by atoms with van der Waals surface area (Å²) in [6.45, 7) is 10.6. The average molecular weight is 438 g/mol. The molecule has 0 saturated heterocycles. The summed E-state index contributed by atoms with van der Waals surface area (Å²) in [6.07, 6.45) is 0. The van der Waals surface area contributed by atoms with Gasteiger partial charge in [0.05, 0.1) is 0 Å². The van der Waals surface area contributed by atoms with Crippen molar-refractivity contribution in [2.24, 2.45) is 4.99 Å². The number of halogens is 1. The van der Waals surface area contributed by atoms with Gasteiger partial charge in [-0.2, -0.15) is 0 Å². The highest BCUT2D eigenvalue weighted by atomic mass is 127. The molecule has 0 atom stereocenters. The van der Waals surface area contributed by atoms with Crippen molar-refractivity contribution in [3.63, 3.8) is 0 Å². The van der Waals surface area contributed by atoms with Gasteiger partial charge in [-0.3, -0.25) is 4.99 Å². The molecule has 0 radical (unpaired) electrons. The van der Waals surface area contributed by atoms with Crippen LogP contribution in [0.25, 0.3) is 0 Å². The van der Waals surface area contributed by atoms with Crippen LogP contribution < -0.4 is 10.6 Å². The number of hydrogen-bond acceptors (Lipinski definition) is 3. The van der Waals surface area contributed by atoms with Gasteiger partial charge in [-0.25, -0.2) is 0 Å². The summed E-state index contributed by atoms with van der Waals surface area (Å²) in [5, 5.41) is 8.97. The Bertz CT molecular complexity index is 453. The van der Waals surface area contributed by atoms with E-state index in [0.717, 1.165) is 19.0 Å². The Morgan fingerprint density at radius 3 is 2.23 bits per heavy atom. The number of hydrogen-bond donors (Lipinski definition) is 2. The number of guanidine groups is 1. The van der Waals surface area contributed by atoms with Crippen LogP contribution in [-0.4, -0.2) is 50.6 Å². The maximum Gasteiger partial charge on any atom is 0.191 e. The highest BCUT2D eigenvalue weighted by molar-refractivity contribution is 14.0. The summed E-state index contributed by atoms with van der Waals surface area (Å²) < 4.78 is 0. The molecule has 1 aromatic heterocycles. The number of likely N-dealkylation sites (N-methyl/N-ethyl adjacent to an activating group) is 1. The lowest BCUT2D eigenvalue weighted by atomic mass is 9.91. The summed E-state index contributed by atoms with van der Waals surface area (Å²) in [7, 11) is 6.01. The lowest BCUT2D eigenvalue weighted by Crippen LogP contribution is -2.52. The van der Waals surface area contributed by atoms with E-state index in [4.69, 9.17) is 0 Å². The monoisotopic (exact) mass is 438 g/mol. The van der Waals surface area contributed by atoms with E-state index in [2.05, 4.69) is 79.8 Å². The van der Waals surface area contributed by atoms with Crippen LogP contribution in [0.1, 0.15) is 32.6 Å². The maximum atomic E-state index is 4.31. The summed E-state index contributed by atoms with van der Waals surface area (Å²) in [6, 6.07) is 4.30. The molecule has 1 heterocycles. The van der Waals surface area contributed by atoms with Gasteiger partial charge in [0.25, 0.3) is 0 Å². The van der Waals surface area contributed by atoms with Crippen molar-refractivity contribution in [3.05, 3.63) is 22.4 Å². The van der Waals surface area contributed by atoms with E-state index in [0.29, 0.717) is 0 Å². The molecule has 4 nitrogen and oxygen atoms in total. The van der Waals surface area contributed by atoms with Crippen LogP contribution in [0.3, 0.4) is 0 Å². The molecule has 0 spiro atoms. The summed E-state index contributed by atoms with van der Waals surface area (Å²) in [5.74, 6) is 0.856. The van der Waals surface area contributed by atoms with Gasteiger partial charge in [0.2, 0.25) is 0 Å². The fraction of sp³-hybridized carbons (Fsp3) is 0.688. The van der Waals surface area contributed by atoms with Crippen molar-refractivity contribution >= 4 is 41.3 Å². The van der Waals surface area contributed by atoms with Gasteiger partial charge in [-0.05, 0) is 39.4 Å². The third-order valence-electron chi connectivity index (χ3n) is 4.01. The number of nitrogens with one attached hydrogen (secondary N) is 2. The van der Waals surface area contributed by atoms with E-state index in [1.807, 2.05) is 7.05 Å². The molecule has 0 unspecified atom stereocenters. The Labute approximate surface area is 156 Å². The van der Waals surface area contributed by atoms with Gasteiger partial charge in [0, 0.05) is 36.0 Å². The normalized spacial score (nSPS) is 13.0. The molecule has 0 aliphatic rings. The molecule has 0 aromatic carbocycles. The van der Waals surface area contributed by atoms with Crippen molar-refractivity contribution in [2.45, 2.75) is 38.6 Å². The quantitative estimate of drug-likeness (QED) is 0.407. The summed E-state index contributed by atoms with van der Waals surface area (Å²) in [4.78, 5) is 7.91.